The molecule has 6 heteroatoms. The van der Waals surface area contributed by atoms with Crippen molar-refractivity contribution in [1.82, 2.24) is 4.98 Å². The van der Waals surface area contributed by atoms with Gasteiger partial charge in [-0.25, -0.2) is 9.37 Å². The molecule has 3 aromatic carbocycles. The molecule has 0 bridgehead atoms. The fourth-order valence-corrected chi connectivity index (χ4v) is 4.07. The van der Waals surface area contributed by atoms with Crippen LogP contribution in [-0.4, -0.2) is 37.2 Å². The Bertz CT molecular complexity index is 1320. The molecule has 5 nitrogen and oxygen atoms in total. The number of rotatable bonds is 4. The third-order valence-electron chi connectivity index (χ3n) is 5.86. The number of carbonyl (C=O) groups is 1. The molecule has 1 aliphatic heterocycles. The highest BCUT2D eigenvalue weighted by atomic mass is 19.1. The Hall–Kier alpha value is -3.77. The maximum atomic E-state index is 14.0. The fourth-order valence-electron chi connectivity index (χ4n) is 4.07. The van der Waals surface area contributed by atoms with Crippen molar-refractivity contribution in [2.75, 3.05) is 36.5 Å². The molecule has 0 radical (unpaired) electrons. The molecule has 1 N–H and O–H groups in total. The number of amides is 1. The first-order valence-corrected chi connectivity index (χ1v) is 11.0. The van der Waals surface area contributed by atoms with Crippen molar-refractivity contribution < 1.29 is 13.9 Å². The Balaban J connectivity index is 1.56. The van der Waals surface area contributed by atoms with Crippen LogP contribution in [0.25, 0.3) is 22.2 Å². The quantitative estimate of drug-likeness (QED) is 0.458. The van der Waals surface area contributed by atoms with Crippen LogP contribution in [0.3, 0.4) is 0 Å². The number of aryl methyl sites for hydroxylation is 1. The maximum Gasteiger partial charge on any atom is 0.258 e. The zero-order valence-corrected chi connectivity index (χ0v) is 18.3. The number of pyridine rings is 1. The molecule has 33 heavy (non-hydrogen) atoms. The van der Waals surface area contributed by atoms with Crippen LogP contribution in [0.4, 0.5) is 15.8 Å². The molecule has 0 aliphatic carbocycles. The second kappa shape index (κ2) is 9.00. The number of aromatic nitrogens is 1. The molecule has 4 aromatic rings. The summed E-state index contributed by atoms with van der Waals surface area (Å²) in [6.07, 6.45) is 0. The smallest absolute Gasteiger partial charge is 0.258 e. The van der Waals surface area contributed by atoms with E-state index >= 15 is 0 Å². The molecule has 1 aromatic heterocycles. The zero-order valence-electron chi connectivity index (χ0n) is 18.3. The average Bonchev–Trinajstić information content (AvgIpc) is 2.84. The van der Waals surface area contributed by atoms with Crippen LogP contribution in [-0.2, 0) is 4.74 Å². The molecule has 1 aliphatic rings. The van der Waals surface area contributed by atoms with Crippen molar-refractivity contribution in [3.63, 3.8) is 0 Å². The summed E-state index contributed by atoms with van der Waals surface area (Å²) in [6, 6.07) is 22.0. The van der Waals surface area contributed by atoms with Crippen LogP contribution in [0.5, 0.6) is 0 Å². The van der Waals surface area contributed by atoms with Gasteiger partial charge in [0.2, 0.25) is 0 Å². The van der Waals surface area contributed by atoms with Crippen molar-refractivity contribution >= 4 is 28.2 Å². The Kier molecular flexibility index (Phi) is 5.75. The minimum absolute atomic E-state index is 0.0128. The molecule has 0 unspecified atom stereocenters. The number of ether oxygens (including phenoxy) is 1. The van der Waals surface area contributed by atoms with Gasteiger partial charge in [-0.15, -0.1) is 0 Å². The largest absolute Gasteiger partial charge is 0.378 e. The summed E-state index contributed by atoms with van der Waals surface area (Å²) in [4.78, 5) is 19.8. The molecule has 166 valence electrons. The number of nitrogens with zero attached hydrogens (tertiary/aromatic N) is 2. The van der Waals surface area contributed by atoms with Crippen LogP contribution in [0.1, 0.15) is 15.9 Å². The number of hydrogen-bond acceptors (Lipinski definition) is 4. The monoisotopic (exact) mass is 441 g/mol. The molecule has 1 fully saturated rings. The lowest BCUT2D eigenvalue weighted by Gasteiger charge is -2.30. The Morgan fingerprint density at radius 3 is 2.52 bits per heavy atom. The third kappa shape index (κ3) is 4.43. The topological polar surface area (TPSA) is 54.5 Å². The van der Waals surface area contributed by atoms with E-state index in [0.717, 1.165) is 40.9 Å². The van der Waals surface area contributed by atoms with Gasteiger partial charge in [-0.2, -0.15) is 0 Å². The highest BCUT2D eigenvalue weighted by Crippen LogP contribution is 2.33. The standard InChI is InChI=1S/C27H24FN3O2/c1-18-6-8-19(9-7-18)25-17-26(31-12-14-33-15-13-31)22-16-20(10-11-24(22)30-25)29-27(32)21-4-2-3-5-23(21)28/h2-11,16-17H,12-15H2,1H3,(H,29,32). The molecule has 2 heterocycles. The minimum atomic E-state index is -0.547. The lowest BCUT2D eigenvalue weighted by Crippen LogP contribution is -2.36. The highest BCUT2D eigenvalue weighted by Gasteiger charge is 2.18. The minimum Gasteiger partial charge on any atom is -0.378 e. The molecule has 0 atom stereocenters. The molecule has 5 rings (SSSR count). The van der Waals surface area contributed by atoms with E-state index in [1.165, 1.54) is 17.7 Å². The van der Waals surface area contributed by atoms with Gasteiger partial charge in [0.25, 0.3) is 5.91 Å². The van der Waals surface area contributed by atoms with Crippen molar-refractivity contribution in [3.8, 4) is 11.3 Å². The normalized spacial score (nSPS) is 13.8. The van der Waals surface area contributed by atoms with Gasteiger partial charge in [-0.05, 0) is 43.3 Å². The van der Waals surface area contributed by atoms with Gasteiger partial charge in [0.15, 0.2) is 0 Å². The van der Waals surface area contributed by atoms with Gasteiger partial charge in [-0.3, -0.25) is 4.79 Å². The summed E-state index contributed by atoms with van der Waals surface area (Å²) < 4.78 is 19.6. The first kappa shape index (κ1) is 21.1. The van der Waals surface area contributed by atoms with Crippen molar-refractivity contribution in [1.29, 1.82) is 0 Å². The second-order valence-corrected chi connectivity index (χ2v) is 8.16. The number of hydrogen-bond donors (Lipinski definition) is 1. The predicted octanol–water partition coefficient (Wildman–Crippen LogP) is 5.44. The number of benzene rings is 3. The highest BCUT2D eigenvalue weighted by molar-refractivity contribution is 6.06. The average molecular weight is 442 g/mol. The van der Waals surface area contributed by atoms with Gasteiger partial charge < -0.3 is 15.0 Å². The number of halogens is 1. The van der Waals surface area contributed by atoms with Gasteiger partial charge >= 0.3 is 0 Å². The second-order valence-electron chi connectivity index (χ2n) is 8.16. The molecular weight excluding hydrogens is 417 g/mol. The Labute approximate surface area is 191 Å². The number of fused-ring (bicyclic) bond motifs is 1. The van der Waals surface area contributed by atoms with E-state index in [1.807, 2.05) is 12.1 Å². The molecular formula is C27H24FN3O2. The summed E-state index contributed by atoms with van der Waals surface area (Å²) in [5.74, 6) is -1.03. The lowest BCUT2D eigenvalue weighted by molar-refractivity contribution is 0.102. The number of anilines is 2. The van der Waals surface area contributed by atoms with E-state index in [-0.39, 0.29) is 5.56 Å². The van der Waals surface area contributed by atoms with Gasteiger partial charge in [0.05, 0.1) is 30.0 Å². The summed E-state index contributed by atoms with van der Waals surface area (Å²) in [6.45, 7) is 4.94. The first-order valence-electron chi connectivity index (χ1n) is 11.0. The van der Waals surface area contributed by atoms with Crippen LogP contribution in [0.2, 0.25) is 0 Å². The van der Waals surface area contributed by atoms with Gasteiger partial charge in [0, 0.05) is 35.4 Å². The van der Waals surface area contributed by atoms with E-state index in [4.69, 9.17) is 9.72 Å². The van der Waals surface area contributed by atoms with Crippen LogP contribution < -0.4 is 10.2 Å². The van der Waals surface area contributed by atoms with E-state index in [0.29, 0.717) is 18.9 Å². The first-order chi connectivity index (χ1) is 16.1. The van der Waals surface area contributed by atoms with Crippen molar-refractivity contribution in [2.45, 2.75) is 6.92 Å². The van der Waals surface area contributed by atoms with Gasteiger partial charge in [-0.1, -0.05) is 42.0 Å². The van der Waals surface area contributed by atoms with Crippen LogP contribution in [0.15, 0.2) is 72.8 Å². The molecule has 1 amide bonds. The fraction of sp³-hybridized carbons (Fsp3) is 0.185. The summed E-state index contributed by atoms with van der Waals surface area (Å²) >= 11 is 0. The summed E-state index contributed by atoms with van der Waals surface area (Å²) in [5, 5.41) is 3.75. The Morgan fingerprint density at radius 2 is 1.76 bits per heavy atom. The predicted molar refractivity (Wildman–Crippen MR) is 129 cm³/mol. The summed E-state index contributed by atoms with van der Waals surface area (Å²) in [7, 11) is 0. The van der Waals surface area contributed by atoms with Crippen molar-refractivity contribution in [2.24, 2.45) is 0 Å². The zero-order chi connectivity index (χ0) is 22.8. The number of carbonyl (C=O) groups excluding carboxylic acids is 1. The molecule has 0 saturated carbocycles. The SMILES string of the molecule is Cc1ccc(-c2cc(N3CCOCC3)c3cc(NC(=O)c4ccccc4F)ccc3n2)cc1. The lowest BCUT2D eigenvalue weighted by atomic mass is 10.0. The molecule has 0 spiro atoms. The molecule has 1 saturated heterocycles. The van der Waals surface area contributed by atoms with Crippen LogP contribution >= 0.6 is 0 Å². The third-order valence-corrected chi connectivity index (χ3v) is 5.86. The number of morpholine rings is 1. The maximum absolute atomic E-state index is 14.0. The van der Waals surface area contributed by atoms with E-state index < -0.39 is 11.7 Å². The Morgan fingerprint density at radius 1 is 1.00 bits per heavy atom. The van der Waals surface area contributed by atoms with Gasteiger partial charge in [0.1, 0.15) is 5.82 Å². The van der Waals surface area contributed by atoms with Crippen LogP contribution in [0, 0.1) is 12.7 Å². The van der Waals surface area contributed by atoms with Crippen molar-refractivity contribution in [3.05, 3.63) is 89.7 Å². The number of nitrogens with one attached hydrogen (secondary N) is 1. The van der Waals surface area contributed by atoms with E-state index in [9.17, 15) is 9.18 Å². The summed E-state index contributed by atoms with van der Waals surface area (Å²) in [5.41, 5.74) is 5.62. The van der Waals surface area contributed by atoms with E-state index in [1.54, 1.807) is 18.2 Å². The van der Waals surface area contributed by atoms with E-state index in [2.05, 4.69) is 47.5 Å².